The van der Waals surface area contributed by atoms with Crippen molar-refractivity contribution in [3.8, 4) is 0 Å². The predicted octanol–water partition coefficient (Wildman–Crippen LogP) is 16.6. The molecule has 0 aromatic carbocycles. The Kier molecular flexibility index (Phi) is 30.4. The average Bonchev–Trinajstić information content (AvgIpc) is 1.80. The van der Waals surface area contributed by atoms with E-state index < -0.39 is 71.2 Å². The molecule has 0 aromatic heterocycles. The van der Waals surface area contributed by atoms with Crippen molar-refractivity contribution in [1.29, 1.82) is 0 Å². The summed E-state index contributed by atoms with van der Waals surface area (Å²) in [5, 5.41) is 0.420. The number of rotatable bonds is 52. The van der Waals surface area contributed by atoms with Gasteiger partial charge < -0.3 is 33.2 Å². The maximum Gasteiger partial charge on any atom is 0.305 e. The number of unbranched alkanes of at least 4 members (excludes halogenated alkanes) is 1. The van der Waals surface area contributed by atoms with E-state index in [1.165, 1.54) is 77.0 Å². The Bertz CT molecular complexity index is 1770. The number of ether oxygens (including phenoxy) is 7. The molecule has 8 atom stereocenters. The predicted molar refractivity (Wildman–Crippen MR) is 299 cm³/mol. The molecule has 69 heavy (non-hydrogen) atoms. The third kappa shape index (κ3) is 46.2. The fraction of sp³-hybridized carbons (Fsp3) is 0.983. The summed E-state index contributed by atoms with van der Waals surface area (Å²) in [5.41, 5.74) is 0. The molecule has 1 rings (SSSR count). The van der Waals surface area contributed by atoms with Gasteiger partial charge in [-0.25, -0.2) is 0 Å². The standard InChI is InChI=1S/C59H116O8S2/c1-49(2)19-13-21-51(5)23-15-25-53(7)27-17-29-55(9)33-36-64-47-57(66-37-34-56(10)30-18-28-54(8)26-16-24-52(6)22-14-20-50(3)4)48-65-43-42-62-39-38-61-40-41-63-44-45-67-59(60)32-12-11-31-58-35-46-68-69-58/h49-58H,11-48H2,1-10H3/t51-,52-,53-,54-,55?,56?,57?,58?/m0/s1/i38D2,39D2,40D2,41D2,42D2,43D2,44D2,45D2. The number of hydrogen-bond donors (Lipinski definition) is 0. The molecule has 0 spiro atoms. The topological polar surface area (TPSA) is 81.7 Å². The van der Waals surface area contributed by atoms with E-state index in [2.05, 4.69) is 83.4 Å². The van der Waals surface area contributed by atoms with E-state index in [1.807, 2.05) is 0 Å². The summed E-state index contributed by atoms with van der Waals surface area (Å²) in [7, 11) is 3.50. The molecular weight excluding hydrogens is 901 g/mol. The summed E-state index contributed by atoms with van der Waals surface area (Å²) in [6, 6.07) is 0. The molecule has 0 N–H and O–H groups in total. The molecule has 10 heteroatoms. The van der Waals surface area contributed by atoms with Gasteiger partial charge in [-0.1, -0.05) is 213 Å². The average molecular weight is 1030 g/mol. The van der Waals surface area contributed by atoms with Crippen molar-refractivity contribution in [3.05, 3.63) is 0 Å². The van der Waals surface area contributed by atoms with E-state index in [1.54, 1.807) is 21.6 Å². The molecule has 0 radical (unpaired) electrons. The van der Waals surface area contributed by atoms with E-state index in [4.69, 9.17) is 40.9 Å². The fourth-order valence-corrected chi connectivity index (χ4v) is 11.7. The van der Waals surface area contributed by atoms with Crippen LogP contribution in [0.5, 0.6) is 0 Å². The van der Waals surface area contributed by atoms with Crippen LogP contribution in [0.1, 0.15) is 252 Å². The molecule has 412 valence electrons. The van der Waals surface area contributed by atoms with Crippen molar-refractivity contribution in [3.63, 3.8) is 0 Å². The first-order valence-electron chi connectivity index (χ1n) is 35.6. The first-order chi connectivity index (χ1) is 39.2. The molecule has 0 saturated carbocycles. The van der Waals surface area contributed by atoms with Crippen LogP contribution in [-0.4, -0.2) is 102 Å². The fourth-order valence-electron chi connectivity index (χ4n) is 8.65. The lowest BCUT2D eigenvalue weighted by Crippen LogP contribution is -2.28. The smallest absolute Gasteiger partial charge is 0.305 e. The molecule has 0 aromatic rings. The molecule has 1 aliphatic heterocycles. The summed E-state index contributed by atoms with van der Waals surface area (Å²) in [4.78, 5) is 12.5. The lowest BCUT2D eigenvalue weighted by molar-refractivity contribution is -0.145. The van der Waals surface area contributed by atoms with Gasteiger partial charge in [0.05, 0.1) is 81.1 Å². The summed E-state index contributed by atoms with van der Waals surface area (Å²) < 4.78 is 168. The van der Waals surface area contributed by atoms with Gasteiger partial charge in [-0.15, -0.1) is 0 Å². The molecule has 0 aliphatic carbocycles. The summed E-state index contributed by atoms with van der Waals surface area (Å²) in [6.07, 6.45) is 24.7. The van der Waals surface area contributed by atoms with E-state index in [9.17, 15) is 4.79 Å². The van der Waals surface area contributed by atoms with Gasteiger partial charge in [0.1, 0.15) is 12.7 Å². The Labute approximate surface area is 459 Å². The van der Waals surface area contributed by atoms with Crippen molar-refractivity contribution in [1.82, 2.24) is 0 Å². The van der Waals surface area contributed by atoms with Crippen molar-refractivity contribution < 1.29 is 59.9 Å². The van der Waals surface area contributed by atoms with Gasteiger partial charge in [0.15, 0.2) is 0 Å². The van der Waals surface area contributed by atoms with Crippen LogP contribution >= 0.6 is 21.6 Å². The Hall–Kier alpha value is -0.0700. The summed E-state index contributed by atoms with van der Waals surface area (Å²) >= 11 is 0. The van der Waals surface area contributed by atoms with Gasteiger partial charge in [0.25, 0.3) is 0 Å². The van der Waals surface area contributed by atoms with Gasteiger partial charge in [-0.05, 0) is 79.4 Å². The minimum atomic E-state index is -4.20. The number of carbonyl (C=O) groups is 1. The highest BCUT2D eigenvalue weighted by Gasteiger charge is 2.17. The van der Waals surface area contributed by atoms with Crippen molar-refractivity contribution in [2.75, 3.05) is 84.7 Å². The lowest BCUT2D eigenvalue weighted by Gasteiger charge is -2.21. The van der Waals surface area contributed by atoms with Crippen LogP contribution in [0.3, 0.4) is 0 Å². The van der Waals surface area contributed by atoms with Crippen LogP contribution < -0.4 is 0 Å². The largest absolute Gasteiger partial charge is 0.463 e. The van der Waals surface area contributed by atoms with Crippen molar-refractivity contribution in [2.24, 2.45) is 47.3 Å². The van der Waals surface area contributed by atoms with E-state index in [-0.39, 0.29) is 19.6 Å². The first-order valence-corrected chi connectivity index (χ1v) is 30.0. The molecule has 1 aliphatic rings. The highest BCUT2D eigenvalue weighted by Crippen LogP contribution is 2.40. The molecule has 0 amide bonds. The Morgan fingerprint density at radius 3 is 1.29 bits per heavy atom. The summed E-state index contributed by atoms with van der Waals surface area (Å²) in [6.45, 7) is -8.89. The number of carbonyl (C=O) groups excluding carboxylic acids is 1. The highest BCUT2D eigenvalue weighted by atomic mass is 33.1. The third-order valence-electron chi connectivity index (χ3n) is 13.4. The molecule has 1 saturated heterocycles. The van der Waals surface area contributed by atoms with E-state index in [0.717, 1.165) is 87.2 Å². The normalized spacial score (nSPS) is 22.5. The number of hydrogen-bond acceptors (Lipinski definition) is 10. The Morgan fingerprint density at radius 2 is 0.855 bits per heavy atom. The van der Waals surface area contributed by atoms with Crippen LogP contribution in [0.25, 0.3) is 0 Å². The summed E-state index contributed by atoms with van der Waals surface area (Å²) in [5.74, 6) is 4.83. The Balaban J connectivity index is 2.97. The molecule has 4 unspecified atom stereocenters. The lowest BCUT2D eigenvalue weighted by atomic mass is 9.91. The zero-order valence-corrected chi connectivity index (χ0v) is 47.2. The van der Waals surface area contributed by atoms with Crippen LogP contribution in [0, 0.1) is 47.3 Å². The van der Waals surface area contributed by atoms with Gasteiger partial charge in [0, 0.05) is 30.6 Å². The van der Waals surface area contributed by atoms with Gasteiger partial charge in [0.2, 0.25) is 0 Å². The van der Waals surface area contributed by atoms with Crippen LogP contribution in [0.15, 0.2) is 0 Å². The molecule has 1 heterocycles. The maximum atomic E-state index is 12.5. The SMILES string of the molecule is [2H]C([2H])(OCC(COCCC(C)CCC[C@@H](C)CCC[C@@H](C)CCCC(C)C)OCCC(C)CCC[C@@H](C)CCC[C@@H](C)CCCC(C)C)C([2H])([2H])OC([2H])([2H])C([2H])([2H])OC([2H])([2H])C([2H])([2H])OC([2H])([2H])C([2H])([2H])OC(=O)CCCCC1CCSS1. The Morgan fingerprint density at radius 1 is 0.464 bits per heavy atom. The van der Waals surface area contributed by atoms with Gasteiger partial charge in [-0.2, -0.15) is 0 Å². The van der Waals surface area contributed by atoms with Crippen LogP contribution in [0.2, 0.25) is 0 Å². The monoisotopic (exact) mass is 1030 g/mol. The maximum absolute atomic E-state index is 12.5. The second-order valence-corrected chi connectivity index (χ2v) is 24.4. The van der Waals surface area contributed by atoms with E-state index >= 15 is 0 Å². The molecule has 8 nitrogen and oxygen atoms in total. The quantitative estimate of drug-likeness (QED) is 0.0334. The third-order valence-corrected chi connectivity index (χ3v) is 16.4. The van der Waals surface area contributed by atoms with Crippen LogP contribution in [-0.2, 0) is 38.0 Å². The van der Waals surface area contributed by atoms with Crippen LogP contribution in [0.4, 0.5) is 0 Å². The van der Waals surface area contributed by atoms with Crippen molar-refractivity contribution >= 4 is 27.6 Å². The second-order valence-electron chi connectivity index (χ2n) is 21.6. The molecule has 0 bridgehead atoms. The number of esters is 1. The minimum absolute atomic E-state index is 0.0424. The minimum Gasteiger partial charge on any atom is -0.463 e. The second kappa shape index (κ2) is 47.6. The first kappa shape index (κ1) is 44.1. The van der Waals surface area contributed by atoms with Gasteiger partial charge in [-0.3, -0.25) is 4.79 Å². The molecule has 1 fully saturated rings. The zero-order chi connectivity index (χ0) is 64.9. The highest BCUT2D eigenvalue weighted by molar-refractivity contribution is 8.77. The zero-order valence-electron chi connectivity index (χ0n) is 61.6. The van der Waals surface area contributed by atoms with Gasteiger partial charge >= 0.3 is 5.97 Å². The molecular formula is C59H116O8S2. The van der Waals surface area contributed by atoms with E-state index in [0.29, 0.717) is 54.8 Å². The van der Waals surface area contributed by atoms with Crippen molar-refractivity contribution in [2.45, 2.75) is 241 Å².